The van der Waals surface area contributed by atoms with Crippen molar-refractivity contribution < 1.29 is 0 Å². The normalized spacial score (nSPS) is 18.3. The average molecular weight is 571 g/mol. The molecule has 2 aliphatic heterocycles. The van der Waals surface area contributed by atoms with E-state index in [9.17, 15) is 0 Å². The van der Waals surface area contributed by atoms with Crippen molar-refractivity contribution in [2.45, 2.75) is 141 Å². The van der Waals surface area contributed by atoms with Crippen LogP contribution in [0.2, 0.25) is 0 Å². The lowest BCUT2D eigenvalue weighted by molar-refractivity contribution is 0.175. The highest BCUT2D eigenvalue weighted by Crippen LogP contribution is 2.35. The fraction of sp³-hybridized carbons (Fsp3) is 0.771. The molecule has 41 heavy (non-hydrogen) atoms. The Kier molecular flexibility index (Phi) is 17.1. The van der Waals surface area contributed by atoms with Gasteiger partial charge in [0.15, 0.2) is 0 Å². The van der Waals surface area contributed by atoms with Gasteiger partial charge in [-0.25, -0.2) is 19.9 Å². The monoisotopic (exact) mass is 571 g/mol. The van der Waals surface area contributed by atoms with Crippen LogP contribution in [0.1, 0.15) is 160 Å². The molecule has 0 bridgehead atoms. The summed E-state index contributed by atoms with van der Waals surface area (Å²) < 4.78 is 0. The van der Waals surface area contributed by atoms with Gasteiger partial charge in [0.05, 0.1) is 17.4 Å². The summed E-state index contributed by atoms with van der Waals surface area (Å²) in [6, 6.07) is 0.438. The van der Waals surface area contributed by atoms with Gasteiger partial charge in [-0.1, -0.05) is 90.5 Å². The Morgan fingerprint density at radius 2 is 1.12 bits per heavy atom. The standard InChI is InChI=1S/2C15H25N3.2C2H6.CH4/c1-9(2)12-7-18(6)8-13-11(5)16-15(10(3)4)17-14(12)13;1-9(2)14-13-12(7-8-18(14)6)11(5)16-15(17-13)10(3)4;2*1-2;/h9-10,12H,7-8H2,1-6H3;9-10,14H,7-8H2,1-6H3;2*1-2H3;1H4. The van der Waals surface area contributed by atoms with Crippen molar-refractivity contribution >= 4 is 0 Å². The Balaban J connectivity index is 0.000000681. The average Bonchev–Trinajstić information content (AvgIpc) is 2.90. The van der Waals surface area contributed by atoms with Crippen LogP contribution in [0.5, 0.6) is 0 Å². The minimum absolute atomic E-state index is 0. The first kappa shape index (κ1) is 39.1. The molecule has 0 aliphatic carbocycles. The molecule has 0 N–H and O–H groups in total. The molecule has 0 radical (unpaired) electrons. The predicted molar refractivity (Wildman–Crippen MR) is 179 cm³/mol. The predicted octanol–water partition coefficient (Wildman–Crippen LogP) is 8.88. The first-order chi connectivity index (χ1) is 18.8. The summed E-state index contributed by atoms with van der Waals surface area (Å²) in [6.07, 6.45) is 1.08. The third kappa shape index (κ3) is 9.81. The van der Waals surface area contributed by atoms with Gasteiger partial charge in [-0.05, 0) is 51.8 Å². The largest absolute Gasteiger partial charge is 0.301 e. The van der Waals surface area contributed by atoms with Crippen molar-refractivity contribution in [1.29, 1.82) is 0 Å². The molecule has 2 atom stereocenters. The Hall–Kier alpha value is -1.92. The summed E-state index contributed by atoms with van der Waals surface area (Å²) in [7, 11) is 4.40. The zero-order chi connectivity index (χ0) is 30.9. The van der Waals surface area contributed by atoms with E-state index in [4.69, 9.17) is 9.97 Å². The number of hydrogen-bond acceptors (Lipinski definition) is 6. The van der Waals surface area contributed by atoms with Crippen LogP contribution in [-0.2, 0) is 13.0 Å². The summed E-state index contributed by atoms with van der Waals surface area (Å²) in [4.78, 5) is 23.9. The number of hydrogen-bond donors (Lipinski definition) is 0. The van der Waals surface area contributed by atoms with Crippen molar-refractivity contribution in [2.24, 2.45) is 11.8 Å². The van der Waals surface area contributed by atoms with Gasteiger partial charge in [-0.2, -0.15) is 0 Å². The zero-order valence-electron chi connectivity index (χ0n) is 29.0. The molecule has 4 heterocycles. The molecule has 6 nitrogen and oxygen atoms in total. The topological polar surface area (TPSA) is 58.0 Å². The third-order valence-electron chi connectivity index (χ3n) is 7.75. The van der Waals surface area contributed by atoms with Gasteiger partial charge in [0.25, 0.3) is 0 Å². The van der Waals surface area contributed by atoms with Crippen LogP contribution in [0.3, 0.4) is 0 Å². The quantitative estimate of drug-likeness (QED) is 0.366. The van der Waals surface area contributed by atoms with Crippen LogP contribution in [-0.4, -0.2) is 56.9 Å². The maximum atomic E-state index is 4.87. The van der Waals surface area contributed by atoms with Crippen molar-refractivity contribution in [3.05, 3.63) is 45.6 Å². The van der Waals surface area contributed by atoms with E-state index in [0.29, 0.717) is 35.6 Å². The molecule has 2 aromatic heterocycles. The number of fused-ring (bicyclic) bond motifs is 2. The number of nitrogens with zero attached hydrogens (tertiary/aromatic N) is 6. The number of rotatable bonds is 4. The molecule has 0 saturated heterocycles. The van der Waals surface area contributed by atoms with Gasteiger partial charge in [0, 0.05) is 54.3 Å². The number of likely N-dealkylation sites (N-methyl/N-ethyl adjacent to an activating group) is 2. The Labute approximate surface area is 255 Å². The van der Waals surface area contributed by atoms with E-state index in [2.05, 4.69) is 103 Å². The lowest BCUT2D eigenvalue weighted by Gasteiger charge is -2.37. The third-order valence-corrected chi connectivity index (χ3v) is 7.75. The summed E-state index contributed by atoms with van der Waals surface area (Å²) in [5.41, 5.74) is 7.67. The molecule has 4 rings (SSSR count). The van der Waals surface area contributed by atoms with Gasteiger partial charge < -0.3 is 4.90 Å². The van der Waals surface area contributed by atoms with Crippen LogP contribution in [0.4, 0.5) is 0 Å². The summed E-state index contributed by atoms with van der Waals surface area (Å²) >= 11 is 0. The van der Waals surface area contributed by atoms with E-state index < -0.39 is 0 Å². The minimum atomic E-state index is 0. The summed E-state index contributed by atoms with van der Waals surface area (Å²) in [6.45, 7) is 33.3. The molecule has 236 valence electrons. The van der Waals surface area contributed by atoms with E-state index in [1.54, 1.807) is 0 Å². The van der Waals surface area contributed by atoms with Crippen molar-refractivity contribution in [2.75, 3.05) is 27.2 Å². The van der Waals surface area contributed by atoms with Gasteiger partial charge in [0.1, 0.15) is 11.6 Å². The summed E-state index contributed by atoms with van der Waals surface area (Å²) in [5, 5.41) is 0. The highest BCUT2D eigenvalue weighted by atomic mass is 15.2. The van der Waals surface area contributed by atoms with Crippen LogP contribution < -0.4 is 0 Å². The van der Waals surface area contributed by atoms with E-state index >= 15 is 0 Å². The Morgan fingerprint density at radius 1 is 0.659 bits per heavy atom. The fourth-order valence-corrected chi connectivity index (χ4v) is 5.60. The SMILES string of the molecule is C.CC.CC.Cc1nc(C(C)C)nc2c1CCN(C)C2C(C)C.Cc1nc(C(C)C)nc2c1CN(C)CC2C(C)C. The molecule has 0 aromatic carbocycles. The lowest BCUT2D eigenvalue weighted by atomic mass is 9.85. The number of aromatic nitrogens is 4. The smallest absolute Gasteiger partial charge is 0.131 e. The second kappa shape index (κ2) is 17.9. The minimum Gasteiger partial charge on any atom is -0.301 e. The van der Waals surface area contributed by atoms with Gasteiger partial charge >= 0.3 is 0 Å². The molecule has 6 heteroatoms. The fourth-order valence-electron chi connectivity index (χ4n) is 5.60. The molecule has 0 spiro atoms. The summed E-state index contributed by atoms with van der Waals surface area (Å²) in [5.74, 6) is 4.55. The number of aryl methyl sites for hydroxylation is 2. The first-order valence-corrected chi connectivity index (χ1v) is 15.9. The first-order valence-electron chi connectivity index (χ1n) is 15.9. The maximum Gasteiger partial charge on any atom is 0.131 e. The van der Waals surface area contributed by atoms with E-state index in [1.807, 2.05) is 27.7 Å². The van der Waals surface area contributed by atoms with Crippen molar-refractivity contribution in [1.82, 2.24) is 29.7 Å². The van der Waals surface area contributed by atoms with Crippen LogP contribution in [0, 0.1) is 25.7 Å². The molecule has 0 saturated carbocycles. The van der Waals surface area contributed by atoms with E-state index in [0.717, 1.165) is 37.7 Å². The zero-order valence-corrected chi connectivity index (χ0v) is 29.0. The van der Waals surface area contributed by atoms with E-state index in [-0.39, 0.29) is 7.43 Å². The van der Waals surface area contributed by atoms with Crippen molar-refractivity contribution in [3.8, 4) is 0 Å². The molecule has 2 aromatic rings. The Bertz CT molecular complexity index is 1040. The van der Waals surface area contributed by atoms with Crippen LogP contribution >= 0.6 is 0 Å². The van der Waals surface area contributed by atoms with Gasteiger partial charge in [-0.15, -0.1) is 0 Å². The molecule has 0 amide bonds. The lowest BCUT2D eigenvalue weighted by Crippen LogP contribution is -2.36. The van der Waals surface area contributed by atoms with Crippen LogP contribution in [0.25, 0.3) is 0 Å². The Morgan fingerprint density at radius 3 is 1.56 bits per heavy atom. The second-order valence-corrected chi connectivity index (χ2v) is 12.3. The second-order valence-electron chi connectivity index (χ2n) is 12.3. The molecule has 2 unspecified atom stereocenters. The molecular weight excluding hydrogens is 504 g/mol. The molecule has 2 aliphatic rings. The highest BCUT2D eigenvalue weighted by molar-refractivity contribution is 5.32. The highest BCUT2D eigenvalue weighted by Gasteiger charge is 2.31. The molecular formula is C35H66N6. The van der Waals surface area contributed by atoms with Crippen molar-refractivity contribution in [3.63, 3.8) is 0 Å². The maximum absolute atomic E-state index is 4.87. The molecule has 0 fully saturated rings. The van der Waals surface area contributed by atoms with Gasteiger partial charge in [-0.3, -0.25) is 4.90 Å². The van der Waals surface area contributed by atoms with E-state index in [1.165, 1.54) is 33.9 Å². The van der Waals surface area contributed by atoms with Gasteiger partial charge in [0.2, 0.25) is 0 Å². The van der Waals surface area contributed by atoms with Crippen LogP contribution in [0.15, 0.2) is 0 Å².